The number of amides is 2. The Kier molecular flexibility index (Phi) is 2.54. The second-order valence-corrected chi connectivity index (χ2v) is 3.65. The van der Waals surface area contributed by atoms with Crippen molar-refractivity contribution in [2.75, 3.05) is 6.54 Å². The number of imide groups is 1. The summed E-state index contributed by atoms with van der Waals surface area (Å²) in [7, 11) is 0. The number of hydrogen-bond donors (Lipinski definition) is 1. The molecule has 5 heteroatoms. The first-order valence-electron chi connectivity index (χ1n) is 3.37. The van der Waals surface area contributed by atoms with Gasteiger partial charge < -0.3 is 5.11 Å². The molecule has 1 saturated heterocycles. The van der Waals surface area contributed by atoms with Crippen LogP contribution in [0.1, 0.15) is 6.92 Å². The van der Waals surface area contributed by atoms with Gasteiger partial charge in [0.1, 0.15) is 0 Å². The minimum Gasteiger partial charge on any atom is -0.373 e. The Hall–Kier alpha value is -0.810. The number of aliphatic hydroxyl groups excluding tert-OH is 1. The maximum atomic E-state index is 11.0. The minimum absolute atomic E-state index is 0.196. The topological polar surface area (TPSA) is 57.6 Å². The van der Waals surface area contributed by atoms with Gasteiger partial charge >= 0.3 is 0 Å². The van der Waals surface area contributed by atoms with Crippen molar-refractivity contribution in [2.45, 2.75) is 12.4 Å². The second kappa shape index (κ2) is 3.28. The van der Waals surface area contributed by atoms with Crippen LogP contribution in [0.25, 0.3) is 0 Å². The number of hydrogen-bond acceptors (Lipinski definition) is 4. The van der Waals surface area contributed by atoms with Crippen LogP contribution in [0.4, 0.5) is 4.79 Å². The Morgan fingerprint density at radius 3 is 2.67 bits per heavy atom. The van der Waals surface area contributed by atoms with E-state index in [2.05, 4.69) is 6.58 Å². The third-order valence-corrected chi connectivity index (χ3v) is 2.19. The molecule has 0 bridgehead atoms. The highest BCUT2D eigenvalue weighted by atomic mass is 32.2. The summed E-state index contributed by atoms with van der Waals surface area (Å²) < 4.78 is 0. The average molecular weight is 187 g/mol. The lowest BCUT2D eigenvalue weighted by Gasteiger charge is -2.11. The predicted molar refractivity (Wildman–Crippen MR) is 45.5 cm³/mol. The molecule has 0 radical (unpaired) electrons. The molecule has 4 nitrogen and oxygen atoms in total. The number of thioether (sulfide) groups is 1. The van der Waals surface area contributed by atoms with Crippen molar-refractivity contribution in [1.82, 2.24) is 4.90 Å². The quantitative estimate of drug-likeness (QED) is 0.642. The number of rotatable bonds is 2. The molecule has 1 rings (SSSR count). The first-order chi connectivity index (χ1) is 5.52. The van der Waals surface area contributed by atoms with Crippen molar-refractivity contribution in [3.63, 3.8) is 0 Å². The van der Waals surface area contributed by atoms with Gasteiger partial charge in [-0.25, -0.2) is 0 Å². The van der Waals surface area contributed by atoms with E-state index in [1.807, 2.05) is 0 Å². The summed E-state index contributed by atoms with van der Waals surface area (Å²) >= 11 is 0.631. The standard InChI is InChI=1S/C7H9NO3S/c1-4(2)3-8-5(9)6(10)12-7(8)11/h6,10H,1,3H2,2H3. The van der Waals surface area contributed by atoms with Crippen molar-refractivity contribution < 1.29 is 14.7 Å². The number of carbonyl (C=O) groups excluding carboxylic acids is 2. The predicted octanol–water partition coefficient (Wildman–Crippen LogP) is 0.576. The van der Waals surface area contributed by atoms with Crippen LogP contribution >= 0.6 is 11.8 Å². The normalized spacial score (nSPS) is 23.5. The Bertz CT molecular complexity index is 251. The van der Waals surface area contributed by atoms with E-state index in [9.17, 15) is 9.59 Å². The van der Waals surface area contributed by atoms with Crippen molar-refractivity contribution >= 4 is 22.9 Å². The van der Waals surface area contributed by atoms with E-state index < -0.39 is 16.6 Å². The number of aliphatic hydroxyl groups is 1. The molecule has 1 N–H and O–H groups in total. The van der Waals surface area contributed by atoms with Crippen molar-refractivity contribution in [1.29, 1.82) is 0 Å². The van der Waals surface area contributed by atoms with E-state index in [4.69, 9.17) is 5.11 Å². The van der Waals surface area contributed by atoms with Crippen LogP contribution in [0.5, 0.6) is 0 Å². The lowest BCUT2D eigenvalue weighted by molar-refractivity contribution is -0.131. The molecular weight excluding hydrogens is 178 g/mol. The molecule has 66 valence electrons. The zero-order valence-electron chi connectivity index (χ0n) is 6.61. The summed E-state index contributed by atoms with van der Waals surface area (Å²) in [6.07, 6.45) is 0. The molecule has 1 fully saturated rings. The van der Waals surface area contributed by atoms with Crippen LogP contribution in [0.3, 0.4) is 0 Å². The molecule has 1 unspecified atom stereocenters. The van der Waals surface area contributed by atoms with Gasteiger partial charge in [-0.15, -0.1) is 0 Å². The van der Waals surface area contributed by atoms with Gasteiger partial charge in [-0.2, -0.15) is 0 Å². The Morgan fingerprint density at radius 2 is 2.33 bits per heavy atom. The summed E-state index contributed by atoms with van der Waals surface area (Å²) in [4.78, 5) is 23.0. The summed E-state index contributed by atoms with van der Waals surface area (Å²) in [6.45, 7) is 5.49. The van der Waals surface area contributed by atoms with Crippen molar-refractivity contribution in [3.05, 3.63) is 12.2 Å². The van der Waals surface area contributed by atoms with Crippen LogP contribution in [-0.4, -0.2) is 33.1 Å². The van der Waals surface area contributed by atoms with Crippen LogP contribution in [0.2, 0.25) is 0 Å². The molecule has 0 aromatic carbocycles. The summed E-state index contributed by atoms with van der Waals surface area (Å²) in [5.74, 6) is -0.548. The van der Waals surface area contributed by atoms with Gasteiger partial charge in [0.2, 0.25) is 0 Å². The Labute approximate surface area is 74.2 Å². The van der Waals surface area contributed by atoms with Gasteiger partial charge in [0.15, 0.2) is 5.44 Å². The summed E-state index contributed by atoms with van der Waals surface area (Å²) in [5, 5.41) is 8.57. The third-order valence-electron chi connectivity index (χ3n) is 1.34. The van der Waals surface area contributed by atoms with E-state index in [0.29, 0.717) is 17.3 Å². The fourth-order valence-electron chi connectivity index (χ4n) is 0.845. The highest BCUT2D eigenvalue weighted by molar-refractivity contribution is 8.15. The SMILES string of the molecule is C=C(C)CN1C(=O)SC(O)C1=O. The largest absolute Gasteiger partial charge is 0.373 e. The van der Waals surface area contributed by atoms with Crippen LogP contribution in [0, 0.1) is 0 Å². The molecule has 1 heterocycles. The first kappa shape index (κ1) is 9.28. The monoisotopic (exact) mass is 187 g/mol. The number of carbonyl (C=O) groups is 2. The van der Waals surface area contributed by atoms with Gasteiger partial charge in [0, 0.05) is 0 Å². The third kappa shape index (κ3) is 1.67. The van der Waals surface area contributed by atoms with E-state index >= 15 is 0 Å². The molecule has 0 spiro atoms. The molecule has 12 heavy (non-hydrogen) atoms. The second-order valence-electron chi connectivity index (χ2n) is 2.62. The first-order valence-corrected chi connectivity index (χ1v) is 4.25. The molecule has 0 aromatic rings. The number of nitrogens with zero attached hydrogens (tertiary/aromatic N) is 1. The molecule has 0 saturated carbocycles. The maximum absolute atomic E-state index is 11.0. The highest BCUT2D eigenvalue weighted by Gasteiger charge is 2.37. The van der Waals surface area contributed by atoms with Crippen LogP contribution in [-0.2, 0) is 4.79 Å². The van der Waals surface area contributed by atoms with Crippen LogP contribution in [0.15, 0.2) is 12.2 Å². The summed E-state index contributed by atoms with van der Waals surface area (Å²) in [6, 6.07) is 0. The fraction of sp³-hybridized carbons (Fsp3) is 0.429. The van der Waals surface area contributed by atoms with Gasteiger partial charge in [-0.3, -0.25) is 14.5 Å². The smallest absolute Gasteiger partial charge is 0.291 e. The average Bonchev–Trinajstić information content (AvgIpc) is 2.16. The molecule has 1 aliphatic heterocycles. The molecular formula is C7H9NO3S. The lowest BCUT2D eigenvalue weighted by Crippen LogP contribution is -2.32. The van der Waals surface area contributed by atoms with Crippen LogP contribution < -0.4 is 0 Å². The van der Waals surface area contributed by atoms with E-state index in [1.54, 1.807) is 6.92 Å². The highest BCUT2D eigenvalue weighted by Crippen LogP contribution is 2.25. The van der Waals surface area contributed by atoms with Gasteiger partial charge in [-0.1, -0.05) is 12.2 Å². The zero-order chi connectivity index (χ0) is 9.30. The van der Waals surface area contributed by atoms with Crippen molar-refractivity contribution in [2.24, 2.45) is 0 Å². The van der Waals surface area contributed by atoms with Gasteiger partial charge in [-0.05, 0) is 18.7 Å². The molecule has 0 aliphatic carbocycles. The molecule has 1 aliphatic rings. The molecule has 0 aromatic heterocycles. The van der Waals surface area contributed by atoms with Crippen molar-refractivity contribution in [3.8, 4) is 0 Å². The van der Waals surface area contributed by atoms with E-state index in [-0.39, 0.29) is 6.54 Å². The minimum atomic E-state index is -1.23. The van der Waals surface area contributed by atoms with E-state index in [1.165, 1.54) is 0 Å². The Morgan fingerprint density at radius 1 is 1.75 bits per heavy atom. The summed E-state index contributed by atoms with van der Waals surface area (Å²) in [5.41, 5.74) is -0.511. The molecule has 2 amide bonds. The van der Waals surface area contributed by atoms with Gasteiger partial charge in [0.05, 0.1) is 6.54 Å². The van der Waals surface area contributed by atoms with E-state index in [0.717, 1.165) is 4.90 Å². The molecule has 1 atom stereocenters. The fourth-order valence-corrected chi connectivity index (χ4v) is 1.55. The Balaban J connectivity index is 2.70. The van der Waals surface area contributed by atoms with Gasteiger partial charge in [0.25, 0.3) is 11.1 Å². The lowest BCUT2D eigenvalue weighted by atomic mass is 10.3. The maximum Gasteiger partial charge on any atom is 0.291 e. The zero-order valence-corrected chi connectivity index (χ0v) is 7.43.